The van der Waals surface area contributed by atoms with E-state index in [1.54, 1.807) is 18.4 Å². The third-order valence-corrected chi connectivity index (χ3v) is 4.46. The minimum atomic E-state index is -4.41. The third kappa shape index (κ3) is 6.71. The first-order chi connectivity index (χ1) is 14.7. The average molecular weight is 435 g/mol. The molecule has 0 spiro atoms. The quantitative estimate of drug-likeness (QED) is 0.519. The minimum absolute atomic E-state index is 0.165. The Labute approximate surface area is 178 Å². The molecular weight excluding hydrogens is 411 g/mol. The summed E-state index contributed by atoms with van der Waals surface area (Å²) in [5.74, 6) is 0.265. The van der Waals surface area contributed by atoms with Gasteiger partial charge in [-0.1, -0.05) is 32.0 Å². The molecule has 3 aromatic rings. The first-order valence-corrected chi connectivity index (χ1v) is 9.83. The van der Waals surface area contributed by atoms with E-state index in [4.69, 9.17) is 8.83 Å². The number of hydrogen-bond acceptors (Lipinski definition) is 5. The molecule has 6 nitrogen and oxygen atoms in total. The number of nitrogens with zero attached hydrogens (tertiary/aromatic N) is 2. The molecule has 9 heteroatoms. The van der Waals surface area contributed by atoms with Crippen LogP contribution >= 0.6 is 0 Å². The van der Waals surface area contributed by atoms with Crippen LogP contribution in [0.15, 0.2) is 58.0 Å². The number of oxazole rings is 1. The Hall–Kier alpha value is -3.07. The summed E-state index contributed by atoms with van der Waals surface area (Å²) in [6.07, 6.45) is -0.0307. The summed E-state index contributed by atoms with van der Waals surface area (Å²) in [4.78, 5) is 18.3. The van der Waals surface area contributed by atoms with Gasteiger partial charge in [-0.3, -0.25) is 9.69 Å². The number of nitrogens with one attached hydrogen (secondary N) is 1. The Kier molecular flexibility index (Phi) is 7.17. The van der Waals surface area contributed by atoms with E-state index in [1.165, 1.54) is 18.6 Å². The number of carbonyl (C=O) groups is 1. The number of halogens is 3. The number of carbonyl (C=O) groups excluding carboxylic acids is 1. The SMILES string of the molecule is CC(C)CNC(=O)c1coc(CN(Cc2ccoc2)Cc2cccc(C(F)(F)F)c2)n1. The third-order valence-electron chi connectivity index (χ3n) is 4.46. The van der Waals surface area contributed by atoms with Gasteiger partial charge in [-0.25, -0.2) is 4.98 Å². The van der Waals surface area contributed by atoms with Gasteiger partial charge < -0.3 is 14.2 Å². The van der Waals surface area contributed by atoms with E-state index in [1.807, 2.05) is 18.7 Å². The highest BCUT2D eigenvalue weighted by Gasteiger charge is 2.30. The molecule has 0 atom stereocenters. The van der Waals surface area contributed by atoms with E-state index in [2.05, 4.69) is 10.3 Å². The van der Waals surface area contributed by atoms with Crippen molar-refractivity contribution in [1.29, 1.82) is 0 Å². The summed E-state index contributed by atoms with van der Waals surface area (Å²) < 4.78 is 49.7. The lowest BCUT2D eigenvalue weighted by Gasteiger charge is -2.20. The van der Waals surface area contributed by atoms with Crippen molar-refractivity contribution in [3.63, 3.8) is 0 Å². The maximum Gasteiger partial charge on any atom is 0.416 e. The second kappa shape index (κ2) is 9.82. The molecule has 0 saturated heterocycles. The number of furan rings is 1. The van der Waals surface area contributed by atoms with Crippen molar-refractivity contribution in [2.45, 2.75) is 39.7 Å². The molecule has 0 radical (unpaired) electrons. The first-order valence-electron chi connectivity index (χ1n) is 9.83. The second-order valence-electron chi connectivity index (χ2n) is 7.71. The fraction of sp³-hybridized carbons (Fsp3) is 0.364. The van der Waals surface area contributed by atoms with Crippen molar-refractivity contribution < 1.29 is 26.8 Å². The van der Waals surface area contributed by atoms with E-state index < -0.39 is 11.7 Å². The molecule has 31 heavy (non-hydrogen) atoms. The Bertz CT molecular complexity index is 981. The molecule has 2 aromatic heterocycles. The zero-order valence-electron chi connectivity index (χ0n) is 17.3. The highest BCUT2D eigenvalue weighted by atomic mass is 19.4. The lowest BCUT2D eigenvalue weighted by atomic mass is 10.1. The summed E-state index contributed by atoms with van der Waals surface area (Å²) in [6, 6.07) is 6.97. The summed E-state index contributed by atoms with van der Waals surface area (Å²) in [7, 11) is 0. The Morgan fingerprint density at radius 2 is 1.90 bits per heavy atom. The topological polar surface area (TPSA) is 71.5 Å². The summed E-state index contributed by atoms with van der Waals surface area (Å²) in [5, 5.41) is 2.77. The minimum Gasteiger partial charge on any atom is -0.472 e. The van der Waals surface area contributed by atoms with E-state index in [0.717, 1.165) is 17.7 Å². The molecule has 1 aromatic carbocycles. The molecule has 166 valence electrons. The highest BCUT2D eigenvalue weighted by molar-refractivity contribution is 5.91. The van der Waals surface area contributed by atoms with Crippen molar-refractivity contribution in [3.05, 3.63) is 77.4 Å². The Morgan fingerprint density at radius 1 is 1.13 bits per heavy atom. The number of amides is 1. The molecule has 3 rings (SSSR count). The summed E-state index contributed by atoms with van der Waals surface area (Å²) >= 11 is 0. The summed E-state index contributed by atoms with van der Waals surface area (Å²) in [5.41, 5.74) is 0.819. The van der Waals surface area contributed by atoms with Crippen LogP contribution in [0.4, 0.5) is 13.2 Å². The second-order valence-corrected chi connectivity index (χ2v) is 7.71. The van der Waals surface area contributed by atoms with Crippen LogP contribution in [0.3, 0.4) is 0 Å². The zero-order chi connectivity index (χ0) is 22.4. The van der Waals surface area contributed by atoms with Gasteiger partial charge >= 0.3 is 6.18 Å². The normalized spacial score (nSPS) is 12.0. The molecule has 0 aliphatic heterocycles. The van der Waals surface area contributed by atoms with Gasteiger partial charge in [0.05, 0.1) is 24.6 Å². The van der Waals surface area contributed by atoms with Gasteiger partial charge in [0.15, 0.2) is 5.69 Å². The Morgan fingerprint density at radius 3 is 2.58 bits per heavy atom. The van der Waals surface area contributed by atoms with Gasteiger partial charge in [0, 0.05) is 25.2 Å². The first kappa shape index (κ1) is 22.6. The number of alkyl halides is 3. The highest BCUT2D eigenvalue weighted by Crippen LogP contribution is 2.30. The molecule has 1 amide bonds. The predicted molar refractivity (Wildman–Crippen MR) is 107 cm³/mol. The monoisotopic (exact) mass is 435 g/mol. The molecule has 0 unspecified atom stereocenters. The molecule has 1 N–H and O–H groups in total. The van der Waals surface area contributed by atoms with Gasteiger partial charge in [0.2, 0.25) is 5.89 Å². The summed E-state index contributed by atoms with van der Waals surface area (Å²) in [6.45, 7) is 5.32. The zero-order valence-corrected chi connectivity index (χ0v) is 17.3. The average Bonchev–Trinajstić information content (AvgIpc) is 3.38. The van der Waals surface area contributed by atoms with E-state index >= 15 is 0 Å². The van der Waals surface area contributed by atoms with Crippen LogP contribution < -0.4 is 5.32 Å². The van der Waals surface area contributed by atoms with Gasteiger partial charge in [-0.2, -0.15) is 13.2 Å². The van der Waals surface area contributed by atoms with Gasteiger partial charge in [-0.05, 0) is 23.6 Å². The van der Waals surface area contributed by atoms with E-state index in [-0.39, 0.29) is 24.7 Å². The number of benzene rings is 1. The lowest BCUT2D eigenvalue weighted by Crippen LogP contribution is -2.27. The molecule has 0 aliphatic carbocycles. The van der Waals surface area contributed by atoms with Crippen LogP contribution in [0.1, 0.15) is 46.9 Å². The largest absolute Gasteiger partial charge is 0.472 e. The molecule has 0 fully saturated rings. The van der Waals surface area contributed by atoms with Crippen molar-refractivity contribution in [2.24, 2.45) is 5.92 Å². The fourth-order valence-corrected chi connectivity index (χ4v) is 2.98. The Balaban J connectivity index is 1.74. The number of hydrogen-bond donors (Lipinski definition) is 1. The van der Waals surface area contributed by atoms with Crippen LogP contribution in [0, 0.1) is 5.92 Å². The van der Waals surface area contributed by atoms with Crippen LogP contribution in [0.2, 0.25) is 0 Å². The van der Waals surface area contributed by atoms with Gasteiger partial charge in [0.1, 0.15) is 6.26 Å². The van der Waals surface area contributed by atoms with Crippen molar-refractivity contribution in [1.82, 2.24) is 15.2 Å². The predicted octanol–water partition coefficient (Wildman–Crippen LogP) is 4.87. The van der Waals surface area contributed by atoms with Crippen LogP contribution in [0.25, 0.3) is 0 Å². The molecule has 0 bridgehead atoms. The van der Waals surface area contributed by atoms with E-state index in [9.17, 15) is 18.0 Å². The molecule has 2 heterocycles. The van der Waals surface area contributed by atoms with Gasteiger partial charge in [0.25, 0.3) is 5.91 Å². The fourth-order valence-electron chi connectivity index (χ4n) is 2.98. The van der Waals surface area contributed by atoms with Crippen LogP contribution in [0.5, 0.6) is 0 Å². The molecular formula is C22H24F3N3O3. The van der Waals surface area contributed by atoms with Crippen molar-refractivity contribution in [2.75, 3.05) is 6.54 Å². The lowest BCUT2D eigenvalue weighted by molar-refractivity contribution is -0.137. The smallest absolute Gasteiger partial charge is 0.416 e. The molecule has 0 aliphatic rings. The van der Waals surface area contributed by atoms with E-state index in [0.29, 0.717) is 30.5 Å². The maximum atomic E-state index is 13.1. The molecule has 0 saturated carbocycles. The van der Waals surface area contributed by atoms with Gasteiger partial charge in [-0.15, -0.1) is 0 Å². The van der Waals surface area contributed by atoms with Crippen molar-refractivity contribution in [3.8, 4) is 0 Å². The van der Waals surface area contributed by atoms with Crippen molar-refractivity contribution >= 4 is 5.91 Å². The standard InChI is InChI=1S/C22H24F3N3O3/c1-15(2)9-26-21(29)19-14-31-20(27-19)12-28(11-17-6-7-30-13-17)10-16-4-3-5-18(8-16)22(23,24)25/h3-8,13-15H,9-12H2,1-2H3,(H,26,29). The maximum absolute atomic E-state index is 13.1. The number of rotatable bonds is 9. The van der Waals surface area contributed by atoms with Crippen LogP contribution in [-0.4, -0.2) is 22.3 Å². The van der Waals surface area contributed by atoms with Crippen LogP contribution in [-0.2, 0) is 25.8 Å². The number of aromatic nitrogens is 1.